The molecular weight excluding hydrogens is 272 g/mol. The molecule has 0 aromatic heterocycles. The van der Waals surface area contributed by atoms with Crippen molar-refractivity contribution in [1.82, 2.24) is 0 Å². The van der Waals surface area contributed by atoms with Crippen molar-refractivity contribution in [3.8, 4) is 0 Å². The van der Waals surface area contributed by atoms with Gasteiger partial charge in [0.1, 0.15) is 0 Å². The second-order valence-corrected chi connectivity index (χ2v) is 5.93. The largest absolute Gasteiger partial charge is 0.478 e. The van der Waals surface area contributed by atoms with Gasteiger partial charge in [-0.15, -0.1) is 0 Å². The number of hydrogen-bond acceptors (Lipinski definition) is 4. The lowest BCUT2D eigenvalue weighted by molar-refractivity contribution is -0.384. The summed E-state index contributed by atoms with van der Waals surface area (Å²) in [6.07, 6.45) is 5.72. The summed E-state index contributed by atoms with van der Waals surface area (Å²) in [6.45, 7) is 0.841. The molecule has 2 bridgehead atoms. The maximum Gasteiger partial charge on any atom is 0.338 e. The Bertz CT molecular complexity index is 587. The summed E-state index contributed by atoms with van der Waals surface area (Å²) in [5.74, 6) is -0.349. The van der Waals surface area contributed by atoms with E-state index in [1.807, 2.05) is 0 Å². The molecule has 1 aliphatic heterocycles. The number of carboxylic acid groups (broad SMARTS) is 1. The van der Waals surface area contributed by atoms with Gasteiger partial charge < -0.3 is 10.0 Å². The summed E-state index contributed by atoms with van der Waals surface area (Å²) in [7, 11) is 0. The van der Waals surface area contributed by atoms with Crippen LogP contribution in [-0.4, -0.2) is 28.6 Å². The minimum Gasteiger partial charge on any atom is -0.478 e. The predicted molar refractivity (Wildman–Crippen MR) is 77.8 cm³/mol. The number of piperidine rings is 1. The number of anilines is 1. The quantitative estimate of drug-likeness (QED) is 0.683. The van der Waals surface area contributed by atoms with Gasteiger partial charge in [-0.25, -0.2) is 4.79 Å². The normalized spacial score (nSPS) is 24.7. The molecule has 1 aliphatic carbocycles. The second-order valence-electron chi connectivity index (χ2n) is 5.93. The zero-order chi connectivity index (χ0) is 15.0. The Kier molecular flexibility index (Phi) is 3.53. The molecule has 1 N–H and O–H groups in total. The number of benzene rings is 1. The number of nitrogens with zero attached hydrogens (tertiary/aromatic N) is 2. The number of rotatable bonds is 3. The SMILES string of the molecule is O=C(O)c1cc([N+](=O)[O-])ccc1N1CCC2CCCC1C2. The van der Waals surface area contributed by atoms with Crippen LogP contribution in [0.3, 0.4) is 0 Å². The van der Waals surface area contributed by atoms with Crippen molar-refractivity contribution in [2.45, 2.75) is 38.1 Å². The lowest BCUT2D eigenvalue weighted by Crippen LogP contribution is -2.45. The number of nitro groups is 1. The molecule has 2 unspecified atom stereocenters. The van der Waals surface area contributed by atoms with E-state index in [9.17, 15) is 20.0 Å². The van der Waals surface area contributed by atoms with Crippen molar-refractivity contribution in [1.29, 1.82) is 0 Å². The Morgan fingerprint density at radius 3 is 2.86 bits per heavy atom. The van der Waals surface area contributed by atoms with Crippen LogP contribution in [0.5, 0.6) is 0 Å². The highest BCUT2D eigenvalue weighted by atomic mass is 16.6. The minimum absolute atomic E-state index is 0.0354. The van der Waals surface area contributed by atoms with Gasteiger partial charge in [0.25, 0.3) is 5.69 Å². The third kappa shape index (κ3) is 2.57. The molecule has 1 saturated carbocycles. The minimum atomic E-state index is -1.10. The Hall–Kier alpha value is -2.11. The van der Waals surface area contributed by atoms with Crippen LogP contribution in [0.25, 0.3) is 0 Å². The van der Waals surface area contributed by atoms with Gasteiger partial charge in [0.15, 0.2) is 0 Å². The molecule has 2 atom stereocenters. The summed E-state index contributed by atoms with van der Waals surface area (Å²) < 4.78 is 0. The molecule has 2 fully saturated rings. The van der Waals surface area contributed by atoms with Gasteiger partial charge in [-0.2, -0.15) is 0 Å². The average molecular weight is 290 g/mol. The molecular formula is C15H18N2O4. The first kappa shape index (κ1) is 13.9. The van der Waals surface area contributed by atoms with E-state index in [1.165, 1.54) is 25.0 Å². The molecule has 1 aromatic carbocycles. The molecule has 6 heteroatoms. The lowest BCUT2D eigenvalue weighted by atomic mass is 9.79. The third-order valence-electron chi connectivity index (χ3n) is 4.70. The van der Waals surface area contributed by atoms with Crippen LogP contribution < -0.4 is 4.90 Å². The van der Waals surface area contributed by atoms with Gasteiger partial charge in [0.05, 0.1) is 16.2 Å². The van der Waals surface area contributed by atoms with Crippen LogP contribution in [-0.2, 0) is 0 Å². The van der Waals surface area contributed by atoms with Gasteiger partial charge in [0, 0.05) is 24.7 Å². The number of aromatic carboxylic acids is 1. The van der Waals surface area contributed by atoms with Crippen molar-refractivity contribution in [3.05, 3.63) is 33.9 Å². The highest BCUT2D eigenvalue weighted by molar-refractivity contribution is 5.95. The number of carbonyl (C=O) groups is 1. The third-order valence-corrected chi connectivity index (χ3v) is 4.70. The van der Waals surface area contributed by atoms with Crippen LogP contribution in [0, 0.1) is 16.0 Å². The van der Waals surface area contributed by atoms with Crippen molar-refractivity contribution in [2.75, 3.05) is 11.4 Å². The van der Waals surface area contributed by atoms with Gasteiger partial charge >= 0.3 is 5.97 Å². The zero-order valence-electron chi connectivity index (χ0n) is 11.7. The van der Waals surface area contributed by atoms with Crippen molar-refractivity contribution >= 4 is 17.3 Å². The standard InChI is InChI=1S/C15H18N2O4/c18-15(19)13-9-12(17(20)21)4-5-14(13)16-7-6-10-2-1-3-11(16)8-10/h4-5,9-11H,1-3,6-8H2,(H,18,19). The summed E-state index contributed by atoms with van der Waals surface area (Å²) in [6, 6.07) is 4.54. The van der Waals surface area contributed by atoms with Crippen LogP contribution in [0.2, 0.25) is 0 Å². The lowest BCUT2D eigenvalue weighted by Gasteiger charge is -2.44. The van der Waals surface area contributed by atoms with E-state index in [0.29, 0.717) is 11.7 Å². The first-order valence-electron chi connectivity index (χ1n) is 7.34. The van der Waals surface area contributed by atoms with Crippen LogP contribution in [0.15, 0.2) is 18.2 Å². The first-order chi connectivity index (χ1) is 10.1. The molecule has 21 heavy (non-hydrogen) atoms. The van der Waals surface area contributed by atoms with E-state index in [2.05, 4.69) is 4.90 Å². The number of hydrogen-bond donors (Lipinski definition) is 1. The Labute approximate surface area is 122 Å². The van der Waals surface area contributed by atoms with Crippen molar-refractivity contribution < 1.29 is 14.8 Å². The monoisotopic (exact) mass is 290 g/mol. The first-order valence-corrected chi connectivity index (χ1v) is 7.34. The number of non-ortho nitro benzene ring substituents is 1. The molecule has 1 saturated heterocycles. The van der Waals surface area contributed by atoms with Crippen LogP contribution in [0.4, 0.5) is 11.4 Å². The molecule has 2 aliphatic rings. The van der Waals surface area contributed by atoms with E-state index in [4.69, 9.17) is 0 Å². The number of nitro benzene ring substituents is 1. The van der Waals surface area contributed by atoms with Crippen LogP contribution >= 0.6 is 0 Å². The molecule has 112 valence electrons. The van der Waals surface area contributed by atoms with E-state index in [1.54, 1.807) is 6.07 Å². The molecule has 0 spiro atoms. The topological polar surface area (TPSA) is 83.7 Å². The number of carboxylic acids is 1. The van der Waals surface area contributed by atoms with Gasteiger partial charge in [-0.1, -0.05) is 12.8 Å². The summed E-state index contributed by atoms with van der Waals surface area (Å²) in [4.78, 5) is 23.9. The van der Waals surface area contributed by atoms with Crippen molar-refractivity contribution in [2.24, 2.45) is 5.92 Å². The molecule has 3 rings (SSSR count). The van der Waals surface area contributed by atoms with E-state index < -0.39 is 10.9 Å². The van der Waals surface area contributed by atoms with Crippen molar-refractivity contribution in [3.63, 3.8) is 0 Å². The van der Waals surface area contributed by atoms with E-state index >= 15 is 0 Å². The Balaban J connectivity index is 1.97. The highest BCUT2D eigenvalue weighted by Crippen LogP contribution is 2.38. The molecule has 6 nitrogen and oxygen atoms in total. The molecule has 0 amide bonds. The van der Waals surface area contributed by atoms with Gasteiger partial charge in [-0.05, 0) is 31.2 Å². The van der Waals surface area contributed by atoms with Gasteiger partial charge in [0.2, 0.25) is 0 Å². The average Bonchev–Trinajstić information content (AvgIpc) is 2.47. The maximum atomic E-state index is 11.5. The fourth-order valence-electron chi connectivity index (χ4n) is 3.69. The highest BCUT2D eigenvalue weighted by Gasteiger charge is 2.33. The van der Waals surface area contributed by atoms with E-state index in [0.717, 1.165) is 31.7 Å². The Morgan fingerprint density at radius 2 is 2.14 bits per heavy atom. The summed E-state index contributed by atoms with van der Waals surface area (Å²) in [5, 5.41) is 20.2. The molecule has 0 radical (unpaired) electrons. The second kappa shape index (κ2) is 5.35. The fourth-order valence-corrected chi connectivity index (χ4v) is 3.69. The van der Waals surface area contributed by atoms with Crippen LogP contribution in [0.1, 0.15) is 42.5 Å². The summed E-state index contributed by atoms with van der Waals surface area (Å²) in [5.41, 5.74) is 0.487. The Morgan fingerprint density at radius 1 is 1.33 bits per heavy atom. The molecule has 1 aromatic rings. The summed E-state index contributed by atoms with van der Waals surface area (Å²) >= 11 is 0. The number of fused-ring (bicyclic) bond motifs is 2. The van der Waals surface area contributed by atoms with E-state index in [-0.39, 0.29) is 11.3 Å². The predicted octanol–water partition coefficient (Wildman–Crippen LogP) is 3.06. The molecule has 1 heterocycles. The fraction of sp³-hybridized carbons (Fsp3) is 0.533. The maximum absolute atomic E-state index is 11.5. The smallest absolute Gasteiger partial charge is 0.338 e. The van der Waals surface area contributed by atoms with Gasteiger partial charge in [-0.3, -0.25) is 10.1 Å². The zero-order valence-corrected chi connectivity index (χ0v) is 11.7.